The summed E-state index contributed by atoms with van der Waals surface area (Å²) in [4.78, 5) is 12.0. The smallest absolute Gasteiger partial charge is 0.334 e. The largest absolute Gasteiger partial charge is 0.458 e. The van der Waals surface area contributed by atoms with E-state index in [9.17, 15) is 4.79 Å². The summed E-state index contributed by atoms with van der Waals surface area (Å²) in [5, 5.41) is 0. The Morgan fingerprint density at radius 1 is 1.11 bits per heavy atom. The third kappa shape index (κ3) is 1.19. The van der Waals surface area contributed by atoms with Gasteiger partial charge >= 0.3 is 11.9 Å². The average Bonchev–Trinajstić information content (AvgIpc) is 3.46. The highest BCUT2D eigenvalue weighted by molar-refractivity contribution is 5.92. The number of carbonyl (C=O) groups is 1. The summed E-state index contributed by atoms with van der Waals surface area (Å²) in [5.74, 6) is -3.67. The van der Waals surface area contributed by atoms with Crippen LogP contribution in [0.3, 0.4) is 0 Å². The molecule has 3 aliphatic carbocycles. The van der Waals surface area contributed by atoms with E-state index < -0.39 is 40.3 Å². The van der Waals surface area contributed by atoms with Gasteiger partial charge in [0.1, 0.15) is 24.4 Å². The monoisotopic (exact) mass is 380 g/mol. The van der Waals surface area contributed by atoms with Gasteiger partial charge in [0.05, 0.1) is 6.10 Å². The number of halogens is 2. The van der Waals surface area contributed by atoms with Crippen molar-refractivity contribution in [2.75, 3.05) is 6.61 Å². The van der Waals surface area contributed by atoms with E-state index in [2.05, 4.69) is 6.92 Å². The van der Waals surface area contributed by atoms with Crippen LogP contribution in [0.4, 0.5) is 8.78 Å². The SMILES string of the molecule is CC(C)[C@]12O[C@H]1[C@@H]1O[C@@]13[C@@]1(C)CCC4=C(COC4=O)[C@@H]1C[C@@H]1O[C@@]13C2(F)F. The van der Waals surface area contributed by atoms with Crippen molar-refractivity contribution in [2.45, 2.75) is 81.1 Å². The van der Waals surface area contributed by atoms with Crippen LogP contribution in [-0.4, -0.2) is 53.6 Å². The molecule has 0 N–H and O–H groups in total. The molecule has 0 unspecified atom stereocenters. The molecule has 4 heterocycles. The van der Waals surface area contributed by atoms with Gasteiger partial charge < -0.3 is 18.9 Å². The first kappa shape index (κ1) is 15.8. The summed E-state index contributed by atoms with van der Waals surface area (Å²) in [6, 6.07) is 0. The van der Waals surface area contributed by atoms with E-state index in [4.69, 9.17) is 18.9 Å². The Labute approximate surface area is 155 Å². The molecule has 2 spiro atoms. The van der Waals surface area contributed by atoms with Crippen LogP contribution in [0.15, 0.2) is 11.1 Å². The van der Waals surface area contributed by atoms with Crippen molar-refractivity contribution in [1.82, 2.24) is 0 Å². The number of ether oxygens (including phenoxy) is 4. The summed E-state index contributed by atoms with van der Waals surface area (Å²) in [6.45, 7) is 5.93. The molecule has 7 heteroatoms. The van der Waals surface area contributed by atoms with Gasteiger partial charge in [-0.2, -0.15) is 8.78 Å². The number of rotatable bonds is 1. The fraction of sp³-hybridized carbons (Fsp3) is 0.850. The number of esters is 1. The predicted octanol–water partition coefficient (Wildman–Crippen LogP) is 2.38. The van der Waals surface area contributed by atoms with Gasteiger partial charge in [0.2, 0.25) is 0 Å². The van der Waals surface area contributed by atoms with Gasteiger partial charge in [0.15, 0.2) is 11.2 Å². The van der Waals surface area contributed by atoms with Crippen LogP contribution in [0.5, 0.6) is 0 Å². The Morgan fingerprint density at radius 2 is 1.89 bits per heavy atom. The number of fused-ring (bicyclic) bond motifs is 4. The topological polar surface area (TPSA) is 63.9 Å². The summed E-state index contributed by atoms with van der Waals surface area (Å²) in [7, 11) is 0. The molecule has 4 aliphatic heterocycles. The first-order valence-corrected chi connectivity index (χ1v) is 9.99. The van der Waals surface area contributed by atoms with Crippen molar-refractivity contribution < 1.29 is 32.5 Å². The lowest BCUT2D eigenvalue weighted by molar-refractivity contribution is -0.193. The zero-order valence-corrected chi connectivity index (χ0v) is 15.5. The molecule has 7 rings (SSSR count). The van der Waals surface area contributed by atoms with Gasteiger partial charge in [0.25, 0.3) is 0 Å². The molecule has 146 valence electrons. The van der Waals surface area contributed by atoms with Crippen LogP contribution >= 0.6 is 0 Å². The predicted molar refractivity (Wildman–Crippen MR) is 86.0 cm³/mol. The summed E-state index contributed by atoms with van der Waals surface area (Å²) >= 11 is 0. The third-order valence-electron chi connectivity index (χ3n) is 9.08. The molecular formula is C20H22F2O5. The van der Waals surface area contributed by atoms with E-state index in [1.807, 2.05) is 0 Å². The van der Waals surface area contributed by atoms with E-state index >= 15 is 8.78 Å². The highest BCUT2D eigenvalue weighted by Gasteiger charge is 3.06. The molecule has 0 radical (unpaired) electrons. The first-order chi connectivity index (χ1) is 12.7. The maximum absolute atomic E-state index is 16.0. The minimum absolute atomic E-state index is 0.0144. The molecule has 5 nitrogen and oxygen atoms in total. The molecule has 0 amide bonds. The van der Waals surface area contributed by atoms with E-state index in [-0.39, 0.29) is 30.5 Å². The van der Waals surface area contributed by atoms with Crippen LogP contribution in [0, 0.1) is 17.3 Å². The molecule has 27 heavy (non-hydrogen) atoms. The second-order valence-electron chi connectivity index (χ2n) is 9.96. The average molecular weight is 380 g/mol. The Morgan fingerprint density at radius 3 is 2.63 bits per heavy atom. The van der Waals surface area contributed by atoms with Crippen molar-refractivity contribution in [3.63, 3.8) is 0 Å². The van der Waals surface area contributed by atoms with Crippen molar-refractivity contribution in [3.8, 4) is 0 Å². The summed E-state index contributed by atoms with van der Waals surface area (Å²) < 4.78 is 55.2. The Balaban J connectivity index is 1.41. The number of cyclic esters (lactones) is 1. The van der Waals surface area contributed by atoms with Crippen molar-refractivity contribution >= 4 is 5.97 Å². The fourth-order valence-electron chi connectivity index (χ4n) is 7.72. The lowest BCUT2D eigenvalue weighted by atomic mass is 9.46. The number of carbonyl (C=O) groups excluding carboxylic acids is 1. The van der Waals surface area contributed by atoms with Gasteiger partial charge in [-0.25, -0.2) is 4.79 Å². The zero-order valence-electron chi connectivity index (χ0n) is 15.5. The maximum atomic E-state index is 16.0. The van der Waals surface area contributed by atoms with Crippen LogP contribution in [0.1, 0.15) is 40.0 Å². The van der Waals surface area contributed by atoms with Crippen molar-refractivity contribution in [3.05, 3.63) is 11.1 Å². The lowest BCUT2D eigenvalue weighted by Crippen LogP contribution is -2.72. The number of hydrogen-bond donors (Lipinski definition) is 0. The summed E-state index contributed by atoms with van der Waals surface area (Å²) in [6.07, 6.45) is 0.216. The molecule has 8 atom stereocenters. The second kappa shape index (κ2) is 3.85. The van der Waals surface area contributed by atoms with E-state index in [0.717, 1.165) is 11.1 Å². The molecule has 0 aromatic carbocycles. The number of alkyl halides is 2. The van der Waals surface area contributed by atoms with Gasteiger partial charge in [-0.1, -0.05) is 20.8 Å². The molecular weight excluding hydrogens is 358 g/mol. The minimum atomic E-state index is -3.10. The molecule has 0 aromatic rings. The second-order valence-corrected chi connectivity index (χ2v) is 9.96. The van der Waals surface area contributed by atoms with Crippen LogP contribution in [0.25, 0.3) is 0 Å². The zero-order chi connectivity index (χ0) is 18.8. The molecule has 0 aromatic heterocycles. The quantitative estimate of drug-likeness (QED) is 0.516. The molecule has 3 saturated heterocycles. The lowest BCUT2D eigenvalue weighted by Gasteiger charge is -2.53. The van der Waals surface area contributed by atoms with E-state index in [1.54, 1.807) is 13.8 Å². The number of epoxide rings is 3. The Bertz CT molecular complexity index is 868. The van der Waals surface area contributed by atoms with Crippen LogP contribution in [-0.2, 0) is 23.7 Å². The van der Waals surface area contributed by atoms with Crippen LogP contribution < -0.4 is 0 Å². The van der Waals surface area contributed by atoms with Crippen molar-refractivity contribution in [1.29, 1.82) is 0 Å². The van der Waals surface area contributed by atoms with E-state index in [1.165, 1.54) is 0 Å². The minimum Gasteiger partial charge on any atom is -0.458 e. The standard InChI is InChI=1S/C20H22F2O5/c1-8(2)17-13(26-17)14-19(27-14)16(3)5-4-9-10(7-24-15(9)23)11(16)6-12-18(19,25-12)20(17,21)22/h8,11-14H,4-7H2,1-3H3/t11-,12-,13-,14-,16-,17-,18-,19+/m0/s1. The van der Waals surface area contributed by atoms with E-state index in [0.29, 0.717) is 19.3 Å². The van der Waals surface area contributed by atoms with Crippen LogP contribution in [0.2, 0.25) is 0 Å². The van der Waals surface area contributed by atoms with Gasteiger partial charge in [0, 0.05) is 11.0 Å². The highest BCUT2D eigenvalue weighted by atomic mass is 19.3. The van der Waals surface area contributed by atoms with Crippen molar-refractivity contribution in [2.24, 2.45) is 17.3 Å². The fourth-order valence-corrected chi connectivity index (χ4v) is 7.72. The van der Waals surface area contributed by atoms with Gasteiger partial charge in [-0.05, 0) is 36.7 Å². The Hall–Kier alpha value is -1.05. The third-order valence-corrected chi connectivity index (χ3v) is 9.08. The normalized spacial score (nSPS) is 60.4. The molecule has 2 saturated carbocycles. The van der Waals surface area contributed by atoms with Gasteiger partial charge in [-0.15, -0.1) is 0 Å². The Kier molecular flexibility index (Phi) is 2.26. The number of hydrogen-bond acceptors (Lipinski definition) is 5. The molecule has 0 bridgehead atoms. The molecule has 7 aliphatic rings. The van der Waals surface area contributed by atoms with Gasteiger partial charge in [-0.3, -0.25) is 0 Å². The highest BCUT2D eigenvalue weighted by Crippen LogP contribution is 2.86. The molecule has 5 fully saturated rings. The first-order valence-electron chi connectivity index (χ1n) is 9.99. The summed E-state index contributed by atoms with van der Waals surface area (Å²) in [5.41, 5.74) is -2.85. The maximum Gasteiger partial charge on any atom is 0.334 e.